The number of aryl methyl sites for hydroxylation is 3. The van der Waals surface area contributed by atoms with E-state index >= 15 is 0 Å². The molecular weight excluding hydrogens is 448 g/mol. The van der Waals surface area contributed by atoms with Crippen molar-refractivity contribution in [3.63, 3.8) is 0 Å². The lowest BCUT2D eigenvalue weighted by Crippen LogP contribution is -2.28. The normalized spacial score (nSPS) is 11.4. The SMILES string of the molecule is Cc1ccc(CN(Cc2cc3ccc(C)c(C)c3[nH]c2=O)Cc2nnnn2Cc2ccccc2)cc1. The summed E-state index contributed by atoms with van der Waals surface area (Å²) in [6.07, 6.45) is 0. The summed E-state index contributed by atoms with van der Waals surface area (Å²) in [6.45, 7) is 8.44. The Labute approximate surface area is 210 Å². The molecule has 0 radical (unpaired) electrons. The average molecular weight is 479 g/mol. The van der Waals surface area contributed by atoms with Crippen LogP contribution in [0.3, 0.4) is 0 Å². The second-order valence-electron chi connectivity index (χ2n) is 9.46. The molecule has 0 amide bonds. The fourth-order valence-electron chi connectivity index (χ4n) is 4.46. The Hall–Kier alpha value is -4.10. The molecule has 7 nitrogen and oxygen atoms in total. The van der Waals surface area contributed by atoms with Crippen LogP contribution in [0.1, 0.15) is 39.2 Å². The largest absolute Gasteiger partial charge is 0.321 e. The molecule has 7 heteroatoms. The quantitative estimate of drug-likeness (QED) is 0.350. The lowest BCUT2D eigenvalue weighted by atomic mass is 10.0. The number of nitrogens with zero attached hydrogens (tertiary/aromatic N) is 5. The third-order valence-corrected chi connectivity index (χ3v) is 6.69. The highest BCUT2D eigenvalue weighted by atomic mass is 16.1. The molecule has 0 aliphatic rings. The van der Waals surface area contributed by atoms with Crippen molar-refractivity contribution in [3.05, 3.63) is 122 Å². The van der Waals surface area contributed by atoms with Crippen molar-refractivity contribution in [1.82, 2.24) is 30.1 Å². The van der Waals surface area contributed by atoms with Crippen LogP contribution in [-0.4, -0.2) is 30.1 Å². The predicted molar refractivity (Wildman–Crippen MR) is 142 cm³/mol. The number of aromatic amines is 1. The Balaban J connectivity index is 1.45. The average Bonchev–Trinajstić information content (AvgIpc) is 3.31. The first-order valence-corrected chi connectivity index (χ1v) is 12.2. The minimum atomic E-state index is -0.0611. The number of fused-ring (bicyclic) bond motifs is 1. The number of hydrogen-bond donors (Lipinski definition) is 1. The molecule has 0 atom stereocenters. The molecule has 0 fully saturated rings. The Bertz CT molecular complexity index is 1540. The first kappa shape index (κ1) is 23.6. The van der Waals surface area contributed by atoms with Crippen molar-refractivity contribution in [3.8, 4) is 0 Å². The van der Waals surface area contributed by atoms with E-state index in [1.165, 1.54) is 11.1 Å². The van der Waals surface area contributed by atoms with Gasteiger partial charge in [0.1, 0.15) is 0 Å². The van der Waals surface area contributed by atoms with Gasteiger partial charge >= 0.3 is 0 Å². The van der Waals surface area contributed by atoms with Gasteiger partial charge in [-0.1, -0.05) is 72.3 Å². The molecule has 182 valence electrons. The van der Waals surface area contributed by atoms with Crippen LogP contribution in [0.15, 0.2) is 77.6 Å². The molecule has 0 spiro atoms. The van der Waals surface area contributed by atoms with Gasteiger partial charge in [-0.25, -0.2) is 4.68 Å². The van der Waals surface area contributed by atoms with E-state index in [0.717, 1.165) is 39.0 Å². The monoisotopic (exact) mass is 478 g/mol. The van der Waals surface area contributed by atoms with Gasteiger partial charge in [0.15, 0.2) is 5.82 Å². The summed E-state index contributed by atoms with van der Waals surface area (Å²) in [5.41, 5.74) is 7.35. The molecule has 36 heavy (non-hydrogen) atoms. The van der Waals surface area contributed by atoms with Crippen molar-refractivity contribution in [2.75, 3.05) is 0 Å². The second kappa shape index (κ2) is 10.3. The van der Waals surface area contributed by atoms with E-state index < -0.39 is 0 Å². The zero-order valence-electron chi connectivity index (χ0n) is 20.9. The summed E-state index contributed by atoms with van der Waals surface area (Å²) in [7, 11) is 0. The molecule has 2 aromatic heterocycles. The molecule has 0 saturated heterocycles. The molecule has 0 aliphatic carbocycles. The van der Waals surface area contributed by atoms with Gasteiger partial charge in [0, 0.05) is 18.7 Å². The number of nitrogens with one attached hydrogen (secondary N) is 1. The van der Waals surface area contributed by atoms with Crippen LogP contribution in [0.25, 0.3) is 10.9 Å². The molecule has 5 aromatic rings. The maximum absolute atomic E-state index is 13.1. The van der Waals surface area contributed by atoms with Gasteiger partial charge in [-0.2, -0.15) is 0 Å². The maximum atomic E-state index is 13.1. The molecule has 1 N–H and O–H groups in total. The second-order valence-corrected chi connectivity index (χ2v) is 9.46. The molecule has 0 aliphatic heterocycles. The number of hydrogen-bond acceptors (Lipinski definition) is 5. The summed E-state index contributed by atoms with van der Waals surface area (Å²) in [4.78, 5) is 18.4. The van der Waals surface area contributed by atoms with Gasteiger partial charge in [-0.15, -0.1) is 5.10 Å². The van der Waals surface area contributed by atoms with Crippen LogP contribution in [0.5, 0.6) is 0 Å². The number of tetrazole rings is 1. The van der Waals surface area contributed by atoms with Crippen molar-refractivity contribution < 1.29 is 0 Å². The summed E-state index contributed by atoms with van der Waals surface area (Å²) in [6, 6.07) is 24.8. The van der Waals surface area contributed by atoms with E-state index in [1.807, 2.05) is 35.9 Å². The summed E-state index contributed by atoms with van der Waals surface area (Å²) in [5, 5.41) is 13.5. The zero-order valence-corrected chi connectivity index (χ0v) is 20.9. The van der Waals surface area contributed by atoms with Crippen LogP contribution < -0.4 is 5.56 Å². The summed E-state index contributed by atoms with van der Waals surface area (Å²) in [5.74, 6) is 0.759. The minimum Gasteiger partial charge on any atom is -0.321 e. The topological polar surface area (TPSA) is 79.7 Å². The summed E-state index contributed by atoms with van der Waals surface area (Å²) >= 11 is 0. The minimum absolute atomic E-state index is 0.0611. The maximum Gasteiger partial charge on any atom is 0.252 e. The highest BCUT2D eigenvalue weighted by Gasteiger charge is 2.16. The van der Waals surface area contributed by atoms with Crippen LogP contribution in [0, 0.1) is 20.8 Å². The summed E-state index contributed by atoms with van der Waals surface area (Å²) < 4.78 is 1.83. The Morgan fingerprint density at radius 1 is 0.861 bits per heavy atom. The van der Waals surface area contributed by atoms with Crippen molar-refractivity contribution in [2.24, 2.45) is 0 Å². The van der Waals surface area contributed by atoms with Crippen LogP contribution in [0.4, 0.5) is 0 Å². The van der Waals surface area contributed by atoms with Crippen LogP contribution in [-0.2, 0) is 26.2 Å². The van der Waals surface area contributed by atoms with Gasteiger partial charge in [0.25, 0.3) is 5.56 Å². The van der Waals surface area contributed by atoms with E-state index in [9.17, 15) is 4.79 Å². The molecule has 2 heterocycles. The van der Waals surface area contributed by atoms with Crippen LogP contribution in [0.2, 0.25) is 0 Å². The van der Waals surface area contributed by atoms with Crippen molar-refractivity contribution in [1.29, 1.82) is 0 Å². The number of rotatable bonds is 8. The van der Waals surface area contributed by atoms with Gasteiger partial charge in [0.2, 0.25) is 0 Å². The fourth-order valence-corrected chi connectivity index (χ4v) is 4.46. The van der Waals surface area contributed by atoms with Crippen LogP contribution >= 0.6 is 0 Å². The molecular formula is C29H30N6O. The first-order chi connectivity index (χ1) is 17.5. The predicted octanol–water partition coefficient (Wildman–Crippen LogP) is 4.69. The Morgan fingerprint density at radius 3 is 2.42 bits per heavy atom. The molecule has 5 rings (SSSR count). The standard InChI is InChI=1S/C29H30N6O/c1-20-9-12-24(13-10-20)16-34(19-27-31-32-33-35(27)17-23-7-5-4-6-8-23)18-26-15-25-14-11-21(2)22(3)28(25)30-29(26)36/h4-15H,16-19H2,1-3H3,(H,30,36). The molecule has 0 bridgehead atoms. The molecule has 0 unspecified atom stereocenters. The fraction of sp³-hybridized carbons (Fsp3) is 0.241. The highest BCUT2D eigenvalue weighted by Crippen LogP contribution is 2.20. The van der Waals surface area contributed by atoms with Gasteiger partial charge in [-0.3, -0.25) is 9.69 Å². The lowest BCUT2D eigenvalue weighted by molar-refractivity contribution is 0.236. The van der Waals surface area contributed by atoms with E-state index in [-0.39, 0.29) is 5.56 Å². The highest BCUT2D eigenvalue weighted by molar-refractivity contribution is 5.83. The van der Waals surface area contributed by atoms with Crippen molar-refractivity contribution in [2.45, 2.75) is 47.0 Å². The number of benzene rings is 3. The van der Waals surface area contributed by atoms with E-state index in [0.29, 0.717) is 26.2 Å². The Morgan fingerprint density at radius 2 is 1.64 bits per heavy atom. The zero-order chi connectivity index (χ0) is 25.1. The number of pyridine rings is 1. The molecule has 0 saturated carbocycles. The number of H-pyrrole nitrogens is 1. The van der Waals surface area contributed by atoms with Crippen molar-refractivity contribution >= 4 is 10.9 Å². The molecule has 3 aromatic carbocycles. The first-order valence-electron chi connectivity index (χ1n) is 12.2. The third kappa shape index (κ3) is 5.26. The van der Waals surface area contributed by atoms with Gasteiger partial charge in [-0.05, 0) is 64.9 Å². The van der Waals surface area contributed by atoms with Gasteiger partial charge < -0.3 is 4.98 Å². The van der Waals surface area contributed by atoms with Gasteiger partial charge in [0.05, 0.1) is 18.6 Å². The third-order valence-electron chi connectivity index (χ3n) is 6.69. The number of aromatic nitrogens is 5. The smallest absolute Gasteiger partial charge is 0.252 e. The van der Waals surface area contributed by atoms with E-state index in [2.05, 4.69) is 87.8 Å². The van der Waals surface area contributed by atoms with E-state index in [1.54, 1.807) is 0 Å². The van der Waals surface area contributed by atoms with E-state index in [4.69, 9.17) is 0 Å². The Kier molecular flexibility index (Phi) is 6.73. The lowest BCUT2D eigenvalue weighted by Gasteiger charge is -2.22.